The molecule has 2 unspecified atom stereocenters. The fourth-order valence-corrected chi connectivity index (χ4v) is 2.61. The largest absolute Gasteiger partial charge is 0.489 e. The van der Waals surface area contributed by atoms with Gasteiger partial charge in [0.1, 0.15) is 11.9 Å². The van der Waals surface area contributed by atoms with Gasteiger partial charge in [-0.2, -0.15) is 0 Å². The van der Waals surface area contributed by atoms with Crippen molar-refractivity contribution in [1.29, 1.82) is 0 Å². The van der Waals surface area contributed by atoms with Crippen molar-refractivity contribution in [3.63, 3.8) is 0 Å². The van der Waals surface area contributed by atoms with Gasteiger partial charge >= 0.3 is 0 Å². The summed E-state index contributed by atoms with van der Waals surface area (Å²) in [5, 5.41) is 6.63. The van der Waals surface area contributed by atoms with Crippen LogP contribution in [0.15, 0.2) is 29.3 Å². The van der Waals surface area contributed by atoms with Crippen molar-refractivity contribution in [2.45, 2.75) is 26.1 Å². The number of ether oxygens (including phenoxy) is 2. The maximum absolute atomic E-state index is 5.97. The van der Waals surface area contributed by atoms with Crippen molar-refractivity contribution in [3.8, 4) is 5.75 Å². The number of nitrogens with one attached hydrogen (secondary N) is 2. The van der Waals surface area contributed by atoms with Crippen molar-refractivity contribution >= 4 is 29.9 Å². The summed E-state index contributed by atoms with van der Waals surface area (Å²) in [4.78, 5) is 6.54. The van der Waals surface area contributed by atoms with E-state index in [-0.39, 0.29) is 36.2 Å². The fourth-order valence-electron chi connectivity index (χ4n) is 2.61. The Morgan fingerprint density at radius 3 is 2.84 bits per heavy atom. The van der Waals surface area contributed by atoms with Crippen LogP contribution in [0.2, 0.25) is 0 Å². The average molecular weight is 462 g/mol. The molecule has 0 aliphatic carbocycles. The lowest BCUT2D eigenvalue weighted by molar-refractivity contribution is -0.0161. The van der Waals surface area contributed by atoms with Crippen LogP contribution in [0.4, 0.5) is 0 Å². The monoisotopic (exact) mass is 462 g/mol. The molecule has 2 rings (SSSR count). The third-order valence-electron chi connectivity index (χ3n) is 4.04. The highest BCUT2D eigenvalue weighted by molar-refractivity contribution is 14.0. The third kappa shape index (κ3) is 7.79. The molecule has 1 fully saturated rings. The smallest absolute Gasteiger partial charge is 0.191 e. The predicted octanol–water partition coefficient (Wildman–Crippen LogP) is 1.88. The Hall–Kier alpha value is -1.06. The molecule has 0 aromatic heterocycles. The quantitative estimate of drug-likeness (QED) is 0.384. The SMILES string of the molecule is CN=C(NCC(C)Oc1ccccc1C)NCC1CN(C)CCO1.I. The normalized spacial score (nSPS) is 19.7. The average Bonchev–Trinajstić information content (AvgIpc) is 2.57. The molecular formula is C18H31IN4O2. The highest BCUT2D eigenvalue weighted by atomic mass is 127. The first-order valence-corrected chi connectivity index (χ1v) is 8.55. The van der Waals surface area contributed by atoms with E-state index in [0.29, 0.717) is 6.54 Å². The Morgan fingerprint density at radius 1 is 1.40 bits per heavy atom. The molecule has 1 aliphatic heterocycles. The van der Waals surface area contributed by atoms with Crippen LogP contribution in [-0.2, 0) is 4.74 Å². The minimum atomic E-state index is 0. The fraction of sp³-hybridized carbons (Fsp3) is 0.611. The van der Waals surface area contributed by atoms with E-state index >= 15 is 0 Å². The van der Waals surface area contributed by atoms with Crippen molar-refractivity contribution in [1.82, 2.24) is 15.5 Å². The van der Waals surface area contributed by atoms with E-state index in [1.165, 1.54) is 0 Å². The summed E-state index contributed by atoms with van der Waals surface area (Å²) in [6.07, 6.45) is 0.240. The standard InChI is InChI=1S/C18H30N4O2.HI/c1-14-7-5-6-8-17(14)24-15(2)11-20-18(19-3)21-12-16-13-22(4)9-10-23-16;/h5-8,15-16H,9-13H2,1-4H3,(H2,19,20,21);1H. The first-order chi connectivity index (χ1) is 11.6. The lowest BCUT2D eigenvalue weighted by Gasteiger charge is -2.30. The number of halogens is 1. The van der Waals surface area contributed by atoms with Crippen LogP contribution < -0.4 is 15.4 Å². The van der Waals surface area contributed by atoms with Gasteiger partial charge in [0.25, 0.3) is 0 Å². The van der Waals surface area contributed by atoms with Gasteiger partial charge in [0.05, 0.1) is 19.3 Å². The van der Waals surface area contributed by atoms with Crippen molar-refractivity contribution < 1.29 is 9.47 Å². The number of guanidine groups is 1. The topological polar surface area (TPSA) is 58.1 Å². The number of nitrogens with zero attached hydrogens (tertiary/aromatic N) is 2. The van der Waals surface area contributed by atoms with Gasteiger partial charge < -0.3 is 25.0 Å². The molecule has 142 valence electrons. The van der Waals surface area contributed by atoms with Gasteiger partial charge in [-0.15, -0.1) is 24.0 Å². The zero-order valence-electron chi connectivity index (χ0n) is 15.6. The Labute approximate surface area is 168 Å². The molecule has 25 heavy (non-hydrogen) atoms. The van der Waals surface area contributed by atoms with Crippen molar-refractivity contribution in [2.24, 2.45) is 4.99 Å². The summed E-state index contributed by atoms with van der Waals surface area (Å²) in [6.45, 7) is 8.25. The van der Waals surface area contributed by atoms with Gasteiger partial charge in [-0.05, 0) is 32.5 Å². The van der Waals surface area contributed by atoms with Gasteiger partial charge in [-0.3, -0.25) is 4.99 Å². The molecule has 0 saturated carbocycles. The van der Waals surface area contributed by atoms with Crippen LogP contribution >= 0.6 is 24.0 Å². The van der Waals surface area contributed by atoms with E-state index in [0.717, 1.165) is 43.5 Å². The first-order valence-electron chi connectivity index (χ1n) is 8.55. The second-order valence-corrected chi connectivity index (χ2v) is 6.28. The first kappa shape index (κ1) is 22.0. The summed E-state index contributed by atoms with van der Waals surface area (Å²) < 4.78 is 11.7. The Balaban J connectivity index is 0.00000312. The number of rotatable bonds is 6. The van der Waals surface area contributed by atoms with E-state index in [4.69, 9.17) is 9.47 Å². The van der Waals surface area contributed by atoms with Crippen LogP contribution in [0, 0.1) is 6.92 Å². The Morgan fingerprint density at radius 2 is 2.16 bits per heavy atom. The van der Waals surface area contributed by atoms with E-state index in [1.807, 2.05) is 25.1 Å². The Bertz CT molecular complexity index is 542. The van der Waals surface area contributed by atoms with E-state index in [1.54, 1.807) is 7.05 Å². The molecule has 0 bridgehead atoms. The molecule has 2 atom stereocenters. The van der Waals surface area contributed by atoms with E-state index in [2.05, 4.69) is 40.6 Å². The second kappa shape index (κ2) is 11.5. The van der Waals surface area contributed by atoms with Crippen LogP contribution in [-0.4, -0.2) is 69.9 Å². The van der Waals surface area contributed by atoms with Crippen LogP contribution in [0.3, 0.4) is 0 Å². The summed E-state index contributed by atoms with van der Waals surface area (Å²) in [6, 6.07) is 8.05. The highest BCUT2D eigenvalue weighted by Gasteiger charge is 2.17. The third-order valence-corrected chi connectivity index (χ3v) is 4.04. The van der Waals surface area contributed by atoms with Gasteiger partial charge in [0.15, 0.2) is 5.96 Å². The van der Waals surface area contributed by atoms with Gasteiger partial charge in [-0.1, -0.05) is 18.2 Å². The minimum Gasteiger partial charge on any atom is -0.489 e. The number of aliphatic imine (C=N–C) groups is 1. The molecule has 0 amide bonds. The van der Waals surface area contributed by atoms with E-state index < -0.39 is 0 Å². The number of morpholine rings is 1. The molecule has 0 spiro atoms. The van der Waals surface area contributed by atoms with Crippen LogP contribution in [0.5, 0.6) is 5.75 Å². The predicted molar refractivity (Wildman–Crippen MR) is 113 cm³/mol. The van der Waals surface area contributed by atoms with Gasteiger partial charge in [0, 0.05) is 26.7 Å². The molecule has 7 heteroatoms. The summed E-state index contributed by atoms with van der Waals surface area (Å²) in [5.74, 6) is 1.69. The minimum absolute atomic E-state index is 0. The Kier molecular flexibility index (Phi) is 10.1. The molecule has 2 N–H and O–H groups in total. The number of hydrogen-bond donors (Lipinski definition) is 2. The number of aryl methyl sites for hydroxylation is 1. The van der Waals surface area contributed by atoms with E-state index in [9.17, 15) is 0 Å². The van der Waals surface area contributed by atoms with Gasteiger partial charge in [-0.25, -0.2) is 0 Å². The second-order valence-electron chi connectivity index (χ2n) is 6.28. The van der Waals surface area contributed by atoms with Crippen LogP contribution in [0.1, 0.15) is 12.5 Å². The molecule has 1 saturated heterocycles. The number of benzene rings is 1. The lowest BCUT2D eigenvalue weighted by Crippen LogP contribution is -2.49. The molecule has 0 radical (unpaired) electrons. The van der Waals surface area contributed by atoms with Gasteiger partial charge in [0.2, 0.25) is 0 Å². The molecule has 1 aliphatic rings. The molecule has 1 aromatic rings. The summed E-state index contributed by atoms with van der Waals surface area (Å²) in [7, 11) is 3.89. The maximum Gasteiger partial charge on any atom is 0.191 e. The number of hydrogen-bond acceptors (Lipinski definition) is 4. The van der Waals surface area contributed by atoms with Crippen LogP contribution in [0.25, 0.3) is 0 Å². The zero-order chi connectivity index (χ0) is 17.4. The van der Waals surface area contributed by atoms with Crippen molar-refractivity contribution in [2.75, 3.05) is 46.9 Å². The number of para-hydroxylation sites is 1. The molecule has 1 heterocycles. The highest BCUT2D eigenvalue weighted by Crippen LogP contribution is 2.17. The molecular weight excluding hydrogens is 431 g/mol. The zero-order valence-corrected chi connectivity index (χ0v) is 17.9. The lowest BCUT2D eigenvalue weighted by atomic mass is 10.2. The van der Waals surface area contributed by atoms with Crippen molar-refractivity contribution in [3.05, 3.63) is 29.8 Å². The summed E-state index contributed by atoms with van der Waals surface area (Å²) in [5.41, 5.74) is 1.14. The number of likely N-dealkylation sites (N-methyl/N-ethyl adjacent to an activating group) is 1. The molecule has 1 aromatic carbocycles. The summed E-state index contributed by atoms with van der Waals surface area (Å²) >= 11 is 0. The maximum atomic E-state index is 5.97. The molecule has 6 nitrogen and oxygen atoms in total.